The van der Waals surface area contributed by atoms with Gasteiger partial charge < -0.3 is 5.11 Å². The highest BCUT2D eigenvalue weighted by Gasteiger charge is 2.10. The second-order valence-corrected chi connectivity index (χ2v) is 3.51. The summed E-state index contributed by atoms with van der Waals surface area (Å²) in [4.78, 5) is 11.1. The monoisotopic (exact) mass is 220 g/mol. The fraction of sp³-hybridized carbons (Fsp3) is 0. The largest absolute Gasteiger partial charge is 0.478 e. The number of carbonyl (C=O) groups is 1. The van der Waals surface area contributed by atoms with E-state index in [9.17, 15) is 4.79 Å². The number of benzene rings is 2. The summed E-state index contributed by atoms with van der Waals surface area (Å²) < 4.78 is 0. The molecule has 2 rings (SSSR count). The number of aromatic carboxylic acids is 1. The lowest BCUT2D eigenvalue weighted by Gasteiger charge is -2.05. The quantitative estimate of drug-likeness (QED) is 0.750. The van der Waals surface area contributed by atoms with Crippen LogP contribution in [0.1, 0.15) is 21.5 Å². The van der Waals surface area contributed by atoms with Gasteiger partial charge in [-0.05, 0) is 35.0 Å². The average Bonchev–Trinajstić information content (AvgIpc) is 2.36. The SMILES string of the molecule is C#Cc1ccc2c(C(=O)O)ccc(C#C)c2c1. The van der Waals surface area contributed by atoms with E-state index in [0.717, 1.165) is 0 Å². The first-order valence-electron chi connectivity index (χ1n) is 4.90. The third-order valence-electron chi connectivity index (χ3n) is 2.57. The highest BCUT2D eigenvalue weighted by atomic mass is 16.4. The molecule has 0 atom stereocenters. The summed E-state index contributed by atoms with van der Waals surface area (Å²) in [6.45, 7) is 0. The molecule has 0 bridgehead atoms. The molecular formula is C15H8O2. The molecule has 2 aromatic carbocycles. The second-order valence-electron chi connectivity index (χ2n) is 3.51. The normalized spacial score (nSPS) is 9.53. The van der Waals surface area contributed by atoms with Gasteiger partial charge in [0.1, 0.15) is 0 Å². The van der Waals surface area contributed by atoms with Crippen molar-refractivity contribution in [1.29, 1.82) is 0 Å². The van der Waals surface area contributed by atoms with E-state index >= 15 is 0 Å². The molecule has 0 aliphatic carbocycles. The van der Waals surface area contributed by atoms with Crippen molar-refractivity contribution >= 4 is 16.7 Å². The number of fused-ring (bicyclic) bond motifs is 1. The van der Waals surface area contributed by atoms with Crippen LogP contribution in [0, 0.1) is 24.7 Å². The lowest BCUT2D eigenvalue weighted by Crippen LogP contribution is -1.98. The zero-order chi connectivity index (χ0) is 12.4. The van der Waals surface area contributed by atoms with Crippen LogP contribution in [-0.2, 0) is 0 Å². The summed E-state index contributed by atoms with van der Waals surface area (Å²) in [5, 5.41) is 10.4. The van der Waals surface area contributed by atoms with E-state index in [-0.39, 0.29) is 5.56 Å². The number of hydrogen-bond acceptors (Lipinski definition) is 1. The number of terminal acetylenes is 2. The Morgan fingerprint density at radius 3 is 2.41 bits per heavy atom. The molecule has 0 radical (unpaired) electrons. The third-order valence-corrected chi connectivity index (χ3v) is 2.57. The zero-order valence-corrected chi connectivity index (χ0v) is 8.90. The summed E-state index contributed by atoms with van der Waals surface area (Å²) in [6, 6.07) is 8.25. The van der Waals surface area contributed by atoms with Crippen LogP contribution in [0.4, 0.5) is 0 Å². The van der Waals surface area contributed by atoms with Gasteiger partial charge >= 0.3 is 5.97 Å². The van der Waals surface area contributed by atoms with E-state index in [2.05, 4.69) is 11.8 Å². The first kappa shape index (κ1) is 10.8. The van der Waals surface area contributed by atoms with Crippen LogP contribution in [0.25, 0.3) is 10.8 Å². The Bertz CT molecular complexity index is 697. The molecule has 0 fully saturated rings. The summed E-state index contributed by atoms with van der Waals surface area (Å²) >= 11 is 0. The van der Waals surface area contributed by atoms with Crippen LogP contribution in [0.2, 0.25) is 0 Å². The Morgan fingerprint density at radius 2 is 1.82 bits per heavy atom. The van der Waals surface area contributed by atoms with Gasteiger partial charge in [-0.2, -0.15) is 0 Å². The molecule has 0 aliphatic heterocycles. The van der Waals surface area contributed by atoms with Crippen molar-refractivity contribution < 1.29 is 9.90 Å². The maximum Gasteiger partial charge on any atom is 0.336 e. The van der Waals surface area contributed by atoms with Gasteiger partial charge in [-0.25, -0.2) is 4.79 Å². The van der Waals surface area contributed by atoms with E-state index < -0.39 is 5.97 Å². The smallest absolute Gasteiger partial charge is 0.336 e. The number of hydrogen-bond donors (Lipinski definition) is 1. The van der Waals surface area contributed by atoms with E-state index in [1.807, 2.05) is 0 Å². The number of carboxylic acid groups (broad SMARTS) is 1. The van der Waals surface area contributed by atoms with Gasteiger partial charge in [-0.1, -0.05) is 17.9 Å². The predicted molar refractivity (Wildman–Crippen MR) is 66.8 cm³/mol. The lowest BCUT2D eigenvalue weighted by molar-refractivity contribution is 0.0699. The van der Waals surface area contributed by atoms with Crippen molar-refractivity contribution in [3.05, 3.63) is 47.0 Å². The Hall–Kier alpha value is -2.71. The highest BCUT2D eigenvalue weighted by Crippen LogP contribution is 2.23. The Kier molecular flexibility index (Phi) is 2.57. The second kappa shape index (κ2) is 4.04. The van der Waals surface area contributed by atoms with Crippen molar-refractivity contribution in [3.8, 4) is 24.7 Å². The van der Waals surface area contributed by atoms with Gasteiger partial charge in [0.25, 0.3) is 0 Å². The van der Waals surface area contributed by atoms with Crippen LogP contribution in [-0.4, -0.2) is 11.1 Å². The highest BCUT2D eigenvalue weighted by molar-refractivity contribution is 6.05. The van der Waals surface area contributed by atoms with Crippen molar-refractivity contribution in [3.63, 3.8) is 0 Å². The minimum atomic E-state index is -0.980. The first-order valence-corrected chi connectivity index (χ1v) is 4.90. The molecule has 0 aromatic heterocycles. The summed E-state index contributed by atoms with van der Waals surface area (Å²) in [6.07, 6.45) is 10.7. The molecule has 0 unspecified atom stereocenters. The molecule has 0 saturated heterocycles. The van der Waals surface area contributed by atoms with E-state index in [1.165, 1.54) is 6.07 Å². The fourth-order valence-electron chi connectivity index (χ4n) is 1.75. The van der Waals surface area contributed by atoms with Crippen molar-refractivity contribution in [1.82, 2.24) is 0 Å². The zero-order valence-electron chi connectivity index (χ0n) is 8.90. The summed E-state index contributed by atoms with van der Waals surface area (Å²) in [5.41, 5.74) is 1.54. The topological polar surface area (TPSA) is 37.3 Å². The van der Waals surface area contributed by atoms with Crippen molar-refractivity contribution in [2.45, 2.75) is 0 Å². The number of carboxylic acids is 1. The molecule has 0 aliphatic rings. The Balaban J connectivity index is 2.92. The molecule has 0 heterocycles. The minimum Gasteiger partial charge on any atom is -0.478 e. The Morgan fingerprint density at radius 1 is 1.06 bits per heavy atom. The van der Waals surface area contributed by atoms with Crippen LogP contribution >= 0.6 is 0 Å². The van der Waals surface area contributed by atoms with Gasteiger partial charge in [-0.3, -0.25) is 0 Å². The van der Waals surface area contributed by atoms with Crippen LogP contribution in [0.15, 0.2) is 30.3 Å². The van der Waals surface area contributed by atoms with E-state index in [1.54, 1.807) is 24.3 Å². The molecule has 17 heavy (non-hydrogen) atoms. The maximum atomic E-state index is 11.1. The average molecular weight is 220 g/mol. The molecule has 0 amide bonds. The number of rotatable bonds is 1. The Labute approximate surface area is 98.9 Å². The van der Waals surface area contributed by atoms with Gasteiger partial charge in [-0.15, -0.1) is 12.8 Å². The van der Waals surface area contributed by atoms with Crippen molar-refractivity contribution in [2.75, 3.05) is 0 Å². The maximum absolute atomic E-state index is 11.1. The van der Waals surface area contributed by atoms with Gasteiger partial charge in [0.2, 0.25) is 0 Å². The molecule has 2 aromatic rings. The standard InChI is InChI=1S/C15H8O2/c1-3-10-5-7-12-13(15(16)17)8-6-11(4-2)14(12)9-10/h1-2,5-9H,(H,16,17). The molecule has 2 nitrogen and oxygen atoms in total. The van der Waals surface area contributed by atoms with Gasteiger partial charge in [0.05, 0.1) is 5.56 Å². The fourth-order valence-corrected chi connectivity index (χ4v) is 1.75. The molecule has 0 saturated carbocycles. The van der Waals surface area contributed by atoms with Gasteiger partial charge in [0.15, 0.2) is 0 Å². The predicted octanol–water partition coefficient (Wildman–Crippen LogP) is 2.50. The summed E-state index contributed by atoms with van der Waals surface area (Å²) in [7, 11) is 0. The van der Waals surface area contributed by atoms with Crippen LogP contribution in [0.5, 0.6) is 0 Å². The molecule has 0 spiro atoms. The van der Waals surface area contributed by atoms with Gasteiger partial charge in [0, 0.05) is 11.1 Å². The third kappa shape index (κ3) is 1.73. The van der Waals surface area contributed by atoms with Crippen molar-refractivity contribution in [2.24, 2.45) is 0 Å². The van der Waals surface area contributed by atoms with E-state index in [0.29, 0.717) is 21.9 Å². The molecule has 2 heteroatoms. The van der Waals surface area contributed by atoms with Crippen LogP contribution < -0.4 is 0 Å². The minimum absolute atomic E-state index is 0.225. The van der Waals surface area contributed by atoms with Crippen LogP contribution in [0.3, 0.4) is 0 Å². The molecule has 1 N–H and O–H groups in total. The molecular weight excluding hydrogens is 212 g/mol. The molecule has 80 valence electrons. The van der Waals surface area contributed by atoms with E-state index in [4.69, 9.17) is 18.0 Å². The summed E-state index contributed by atoms with van der Waals surface area (Å²) in [5.74, 6) is 4.05. The first-order chi connectivity index (χ1) is 8.17. The lowest BCUT2D eigenvalue weighted by atomic mass is 9.98.